The minimum Gasteiger partial charge on any atom is -0.759 e. The van der Waals surface area contributed by atoms with Gasteiger partial charge in [0.25, 0.3) is 5.91 Å². The molecule has 9 nitrogen and oxygen atoms in total. The summed E-state index contributed by atoms with van der Waals surface area (Å²) in [6.07, 6.45) is -0.263. The van der Waals surface area contributed by atoms with Gasteiger partial charge in [0.15, 0.2) is 0 Å². The quantitative estimate of drug-likeness (QED) is 0.216. The van der Waals surface area contributed by atoms with Crippen molar-refractivity contribution in [2.45, 2.75) is 25.9 Å². The van der Waals surface area contributed by atoms with E-state index in [0.29, 0.717) is 38.3 Å². The molecule has 1 amide bonds. The molecule has 5 rings (SSSR count). The normalized spacial score (nSPS) is 14.9. The van der Waals surface area contributed by atoms with Crippen molar-refractivity contribution in [1.82, 2.24) is 14.7 Å². The lowest BCUT2D eigenvalue weighted by molar-refractivity contribution is -0.139. The van der Waals surface area contributed by atoms with E-state index in [0.717, 1.165) is 37.6 Å². The van der Waals surface area contributed by atoms with Crippen molar-refractivity contribution < 1.29 is 23.5 Å². The first-order chi connectivity index (χ1) is 21.3. The molecule has 0 aromatic heterocycles. The largest absolute Gasteiger partial charge is 0.759 e. The lowest BCUT2D eigenvalue weighted by atomic mass is 10.0. The summed E-state index contributed by atoms with van der Waals surface area (Å²) in [5, 5.41) is 15.6. The summed E-state index contributed by atoms with van der Waals surface area (Å²) in [7, 11) is 0. The maximum Gasteiger partial charge on any atom is 0.305 e. The van der Waals surface area contributed by atoms with Gasteiger partial charge in [-0.1, -0.05) is 60.4 Å². The van der Waals surface area contributed by atoms with E-state index in [-0.39, 0.29) is 12.3 Å². The average molecular weight is 610 g/mol. The van der Waals surface area contributed by atoms with E-state index in [4.69, 9.17) is 5.11 Å². The van der Waals surface area contributed by atoms with Gasteiger partial charge in [0, 0.05) is 72.4 Å². The Labute approximate surface area is 259 Å². The molecule has 4 aromatic carbocycles. The summed E-state index contributed by atoms with van der Waals surface area (Å²) in [6.45, 7) is 4.14. The smallest absolute Gasteiger partial charge is 0.305 e. The van der Waals surface area contributed by atoms with E-state index in [9.17, 15) is 18.4 Å². The minimum atomic E-state index is -2.55. The Morgan fingerprint density at radius 1 is 0.932 bits per heavy atom. The Bertz CT molecular complexity index is 1710. The second-order valence-corrected chi connectivity index (χ2v) is 11.4. The maximum absolute atomic E-state index is 13.0. The first-order valence-corrected chi connectivity index (χ1v) is 15.4. The Kier molecular flexibility index (Phi) is 10.0. The Morgan fingerprint density at radius 2 is 1.61 bits per heavy atom. The molecular weight excluding hydrogens is 576 g/mol. The van der Waals surface area contributed by atoms with Gasteiger partial charge in [-0.2, -0.15) is 4.41 Å². The predicted molar refractivity (Wildman–Crippen MR) is 170 cm³/mol. The van der Waals surface area contributed by atoms with E-state index in [2.05, 4.69) is 22.1 Å². The topological polar surface area (TPSA) is 116 Å². The summed E-state index contributed by atoms with van der Waals surface area (Å²) < 4.78 is 24.8. The molecule has 2 unspecified atom stereocenters. The summed E-state index contributed by atoms with van der Waals surface area (Å²) >= 11 is -2.55. The molecule has 2 atom stereocenters. The lowest BCUT2D eigenvalue weighted by Gasteiger charge is -2.44. The fraction of sp³-hybridized carbons (Fsp3) is 0.235. The highest BCUT2D eigenvalue weighted by atomic mass is 32.2. The number of hydrazine groups is 1. The lowest BCUT2D eigenvalue weighted by Crippen LogP contribution is -2.57. The first kappa shape index (κ1) is 30.9. The highest BCUT2D eigenvalue weighted by molar-refractivity contribution is 7.76. The first-order valence-electron chi connectivity index (χ1n) is 14.4. The molecule has 226 valence electrons. The molecule has 1 aliphatic rings. The van der Waals surface area contributed by atoms with Crippen molar-refractivity contribution in [3.8, 4) is 11.8 Å². The Morgan fingerprint density at radius 3 is 2.30 bits per heavy atom. The number of nitrogens with zero attached hydrogens (tertiary/aromatic N) is 3. The van der Waals surface area contributed by atoms with E-state index in [1.54, 1.807) is 11.9 Å². The van der Waals surface area contributed by atoms with E-state index < -0.39 is 23.3 Å². The Balaban J connectivity index is 1.23. The van der Waals surface area contributed by atoms with Gasteiger partial charge in [0.1, 0.15) is 0 Å². The third-order valence-corrected chi connectivity index (χ3v) is 8.44. The summed E-state index contributed by atoms with van der Waals surface area (Å²) in [4.78, 5) is 26.3. The molecule has 0 saturated carbocycles. The van der Waals surface area contributed by atoms with Crippen LogP contribution in [0.1, 0.15) is 40.4 Å². The van der Waals surface area contributed by atoms with E-state index in [1.165, 1.54) is 0 Å². The number of aliphatic carboxylic acids is 1. The van der Waals surface area contributed by atoms with Crippen LogP contribution in [-0.2, 0) is 22.6 Å². The van der Waals surface area contributed by atoms with Crippen LogP contribution in [0.5, 0.6) is 0 Å². The van der Waals surface area contributed by atoms with Crippen LogP contribution in [0.25, 0.3) is 10.8 Å². The number of rotatable bonds is 9. The number of carbonyl (C=O) groups excluding carboxylic acids is 1. The minimum absolute atomic E-state index is 0.134. The number of hydrogen-bond donors (Lipinski definition) is 2. The number of carbonyl (C=O) groups is 2. The number of benzene rings is 4. The van der Waals surface area contributed by atoms with Crippen molar-refractivity contribution in [3.63, 3.8) is 0 Å². The van der Waals surface area contributed by atoms with Crippen LogP contribution < -0.4 is 10.2 Å². The zero-order chi connectivity index (χ0) is 31.1. The molecule has 10 heteroatoms. The molecule has 4 aromatic rings. The monoisotopic (exact) mass is 609 g/mol. The number of nitrogens with one attached hydrogen (secondary N) is 1. The van der Waals surface area contributed by atoms with Gasteiger partial charge in [-0.25, -0.2) is 5.01 Å². The molecule has 44 heavy (non-hydrogen) atoms. The standard InChI is InChI=1S/C34H34N4O5S/c1-25(22-33(39)40)38(44(42)43)37-20-18-36(19-21-37)30-16-13-26(14-17-30)10-11-27-12-15-29-8-5-9-31(32(29)23-27)34(41)35-24-28-6-3-2-4-7-28/h2-9,12-17,23,25H,18-22,24H2,1H3,(H,35,41)(H,39,40)(H,42,43)/p-1. The van der Waals surface area contributed by atoms with Gasteiger partial charge in [-0.15, -0.1) is 0 Å². The third kappa shape index (κ3) is 7.70. The number of carboxylic acid groups (broad SMARTS) is 1. The second kappa shape index (κ2) is 14.3. The second-order valence-electron chi connectivity index (χ2n) is 10.6. The molecule has 1 fully saturated rings. The van der Waals surface area contributed by atoms with Crippen LogP contribution in [0, 0.1) is 11.8 Å². The molecule has 0 spiro atoms. The molecule has 2 N–H and O–H groups in total. The zero-order valence-electron chi connectivity index (χ0n) is 24.3. The van der Waals surface area contributed by atoms with Crippen LogP contribution in [-0.4, -0.2) is 67.4 Å². The number of anilines is 1. The van der Waals surface area contributed by atoms with Crippen molar-refractivity contribution in [2.24, 2.45) is 0 Å². The van der Waals surface area contributed by atoms with Gasteiger partial charge in [-0.3, -0.25) is 13.8 Å². The predicted octanol–water partition coefficient (Wildman–Crippen LogP) is 4.17. The number of fused-ring (bicyclic) bond motifs is 1. The summed E-state index contributed by atoms with van der Waals surface area (Å²) in [6, 6.07) is 28.6. The van der Waals surface area contributed by atoms with Crippen LogP contribution in [0.2, 0.25) is 0 Å². The number of piperazine rings is 1. The van der Waals surface area contributed by atoms with Crippen LogP contribution in [0.3, 0.4) is 0 Å². The summed E-state index contributed by atoms with van der Waals surface area (Å²) in [5.74, 6) is 5.26. The van der Waals surface area contributed by atoms with Crippen molar-refractivity contribution >= 4 is 39.6 Å². The van der Waals surface area contributed by atoms with Gasteiger partial charge >= 0.3 is 5.97 Å². The van der Waals surface area contributed by atoms with Gasteiger partial charge in [-0.05, 0) is 65.7 Å². The molecule has 1 saturated heterocycles. The Hall–Kier alpha value is -4.53. The molecule has 1 heterocycles. The maximum atomic E-state index is 13.0. The van der Waals surface area contributed by atoms with Gasteiger partial charge in [0.2, 0.25) is 0 Å². The third-order valence-electron chi connectivity index (χ3n) is 7.54. The number of hydrogen-bond acceptors (Lipinski definition) is 6. The highest BCUT2D eigenvalue weighted by Gasteiger charge is 2.28. The molecule has 0 aliphatic carbocycles. The molecule has 0 radical (unpaired) electrons. The van der Waals surface area contributed by atoms with Crippen LogP contribution in [0.4, 0.5) is 5.69 Å². The molecular formula is C34H33N4O5S-. The van der Waals surface area contributed by atoms with Crippen molar-refractivity contribution in [3.05, 3.63) is 113 Å². The highest BCUT2D eigenvalue weighted by Crippen LogP contribution is 2.22. The van der Waals surface area contributed by atoms with E-state index in [1.807, 2.05) is 91.0 Å². The fourth-order valence-electron chi connectivity index (χ4n) is 5.32. The molecule has 1 aliphatic heterocycles. The fourth-order valence-corrected chi connectivity index (χ4v) is 6.04. The SMILES string of the molecule is CC(CC(=O)O)N(N1CCN(c2ccc(C#Cc3ccc4cccc(C(=O)NCc5ccccc5)c4c3)cc2)CC1)S(=O)[O-]. The van der Waals surface area contributed by atoms with Crippen molar-refractivity contribution in [2.75, 3.05) is 31.1 Å². The van der Waals surface area contributed by atoms with Crippen LogP contribution in [0.15, 0.2) is 91.0 Å². The average Bonchev–Trinajstić information content (AvgIpc) is 3.03. The van der Waals surface area contributed by atoms with E-state index >= 15 is 0 Å². The number of carboxylic acids is 1. The van der Waals surface area contributed by atoms with Crippen LogP contribution >= 0.6 is 0 Å². The molecule has 0 bridgehead atoms. The number of amides is 1. The zero-order valence-corrected chi connectivity index (χ0v) is 25.1. The van der Waals surface area contributed by atoms with Crippen molar-refractivity contribution in [1.29, 1.82) is 0 Å². The summed E-state index contributed by atoms with van der Waals surface area (Å²) in [5.41, 5.74) is 4.29. The van der Waals surface area contributed by atoms with Gasteiger partial charge in [0.05, 0.1) is 6.42 Å². The van der Waals surface area contributed by atoms with Gasteiger partial charge < -0.3 is 19.9 Å².